The van der Waals surface area contributed by atoms with Crippen LogP contribution in [0.1, 0.15) is 18.5 Å². The Morgan fingerprint density at radius 3 is 2.81 bits per heavy atom. The van der Waals surface area contributed by atoms with E-state index in [1.807, 2.05) is 53.2 Å². The molecular formula is C21H18N6. The number of benzene rings is 2. The smallest absolute Gasteiger partial charge is 0.225 e. The molecule has 0 fully saturated rings. The third-order valence-electron chi connectivity index (χ3n) is 4.77. The van der Waals surface area contributed by atoms with Gasteiger partial charge in [0, 0.05) is 23.3 Å². The lowest BCUT2D eigenvalue weighted by Gasteiger charge is -2.14. The third-order valence-corrected chi connectivity index (χ3v) is 4.77. The monoisotopic (exact) mass is 354 g/mol. The summed E-state index contributed by atoms with van der Waals surface area (Å²) >= 11 is 0. The number of anilines is 1. The van der Waals surface area contributed by atoms with Crippen molar-refractivity contribution in [2.24, 2.45) is 0 Å². The molecule has 132 valence electrons. The summed E-state index contributed by atoms with van der Waals surface area (Å²) in [7, 11) is 0. The second-order valence-corrected chi connectivity index (χ2v) is 6.50. The molecule has 0 aliphatic carbocycles. The molecule has 0 aliphatic rings. The van der Waals surface area contributed by atoms with Crippen molar-refractivity contribution < 1.29 is 0 Å². The van der Waals surface area contributed by atoms with E-state index in [-0.39, 0.29) is 6.04 Å². The number of para-hydroxylation sites is 3. The van der Waals surface area contributed by atoms with Crippen molar-refractivity contribution in [3.8, 4) is 5.82 Å². The number of hydrogen-bond donors (Lipinski definition) is 2. The summed E-state index contributed by atoms with van der Waals surface area (Å²) in [5, 5.41) is 4.61. The summed E-state index contributed by atoms with van der Waals surface area (Å²) in [6.07, 6.45) is 5.59. The van der Waals surface area contributed by atoms with E-state index in [0.29, 0.717) is 5.95 Å². The van der Waals surface area contributed by atoms with Crippen LogP contribution in [-0.2, 0) is 0 Å². The molecule has 0 aliphatic heterocycles. The highest BCUT2D eigenvalue weighted by Gasteiger charge is 2.13. The van der Waals surface area contributed by atoms with E-state index in [4.69, 9.17) is 0 Å². The lowest BCUT2D eigenvalue weighted by atomic mass is 10.1. The largest absolute Gasteiger partial charge is 0.361 e. The molecule has 2 aromatic carbocycles. The third kappa shape index (κ3) is 2.71. The molecule has 1 atom stereocenters. The molecule has 6 nitrogen and oxygen atoms in total. The van der Waals surface area contributed by atoms with Crippen LogP contribution in [-0.4, -0.2) is 24.5 Å². The lowest BCUT2D eigenvalue weighted by molar-refractivity contribution is 0.861. The van der Waals surface area contributed by atoms with E-state index in [1.165, 1.54) is 10.9 Å². The van der Waals surface area contributed by atoms with Gasteiger partial charge in [-0.3, -0.25) is 4.57 Å². The summed E-state index contributed by atoms with van der Waals surface area (Å²) in [5.41, 5.74) is 4.28. The van der Waals surface area contributed by atoms with Crippen LogP contribution in [0, 0.1) is 0 Å². The zero-order chi connectivity index (χ0) is 18.2. The number of aromatic amines is 1. The van der Waals surface area contributed by atoms with Crippen LogP contribution in [0.15, 0.2) is 73.3 Å². The minimum absolute atomic E-state index is 0.0657. The Balaban J connectivity index is 1.47. The number of nitrogens with zero attached hydrogens (tertiary/aromatic N) is 4. The van der Waals surface area contributed by atoms with Crippen LogP contribution < -0.4 is 5.32 Å². The van der Waals surface area contributed by atoms with Gasteiger partial charge in [-0.1, -0.05) is 30.3 Å². The topological polar surface area (TPSA) is 71.4 Å². The Hall–Kier alpha value is -3.67. The average Bonchev–Trinajstić information content (AvgIpc) is 3.32. The molecule has 0 saturated heterocycles. The molecule has 0 spiro atoms. The minimum atomic E-state index is 0.0657. The van der Waals surface area contributed by atoms with Gasteiger partial charge in [0.25, 0.3) is 0 Å². The number of rotatable bonds is 4. The fourth-order valence-corrected chi connectivity index (χ4v) is 3.42. The van der Waals surface area contributed by atoms with Gasteiger partial charge in [0.2, 0.25) is 5.95 Å². The highest BCUT2D eigenvalue weighted by Crippen LogP contribution is 2.26. The predicted molar refractivity (Wildman–Crippen MR) is 107 cm³/mol. The molecule has 3 heterocycles. The number of imidazole rings is 1. The molecule has 5 aromatic rings. The van der Waals surface area contributed by atoms with Gasteiger partial charge in [0.15, 0.2) is 0 Å². The maximum absolute atomic E-state index is 4.69. The van der Waals surface area contributed by atoms with Gasteiger partial charge in [0.1, 0.15) is 12.1 Å². The highest BCUT2D eigenvalue weighted by atomic mass is 15.2. The first-order chi connectivity index (χ1) is 13.3. The summed E-state index contributed by atoms with van der Waals surface area (Å²) < 4.78 is 1.97. The summed E-state index contributed by atoms with van der Waals surface area (Å²) in [6.45, 7) is 2.11. The Kier molecular flexibility index (Phi) is 3.60. The summed E-state index contributed by atoms with van der Waals surface area (Å²) in [6, 6.07) is 18.2. The zero-order valence-corrected chi connectivity index (χ0v) is 14.8. The summed E-state index contributed by atoms with van der Waals surface area (Å²) in [4.78, 5) is 16.8. The van der Waals surface area contributed by atoms with Crippen molar-refractivity contribution in [1.82, 2.24) is 24.5 Å². The first-order valence-corrected chi connectivity index (χ1v) is 8.87. The minimum Gasteiger partial charge on any atom is -0.361 e. The number of nitrogens with one attached hydrogen (secondary N) is 2. The SMILES string of the molecule is CC(Nc1nccc(-n2cnc3ccccc32)n1)c1c[nH]c2ccccc12. The highest BCUT2D eigenvalue weighted by molar-refractivity contribution is 5.83. The number of hydrogen-bond acceptors (Lipinski definition) is 4. The van der Waals surface area contributed by atoms with Gasteiger partial charge in [-0.05, 0) is 36.8 Å². The molecule has 5 rings (SSSR count). The first-order valence-electron chi connectivity index (χ1n) is 8.87. The molecule has 0 saturated carbocycles. The molecule has 0 radical (unpaired) electrons. The van der Waals surface area contributed by atoms with Crippen LogP contribution >= 0.6 is 0 Å². The lowest BCUT2D eigenvalue weighted by Crippen LogP contribution is -2.10. The molecule has 27 heavy (non-hydrogen) atoms. The fourth-order valence-electron chi connectivity index (χ4n) is 3.42. The van der Waals surface area contributed by atoms with Gasteiger partial charge in [-0.2, -0.15) is 4.98 Å². The predicted octanol–water partition coefficient (Wildman–Crippen LogP) is 4.47. The van der Waals surface area contributed by atoms with E-state index in [1.54, 1.807) is 12.5 Å². The van der Waals surface area contributed by atoms with Crippen molar-refractivity contribution in [2.45, 2.75) is 13.0 Å². The maximum atomic E-state index is 4.69. The standard InChI is InChI=1S/C21H18N6/c1-14(16-12-23-17-7-3-2-6-15(16)17)25-21-22-11-10-20(26-21)27-13-24-18-8-4-5-9-19(18)27/h2-14,23H,1H3,(H,22,25,26). The molecular weight excluding hydrogens is 336 g/mol. The van der Waals surface area contributed by atoms with Crippen LogP contribution in [0.25, 0.3) is 27.8 Å². The molecule has 2 N–H and O–H groups in total. The van der Waals surface area contributed by atoms with Gasteiger partial charge in [-0.25, -0.2) is 9.97 Å². The van der Waals surface area contributed by atoms with Crippen LogP contribution in [0.4, 0.5) is 5.95 Å². The van der Waals surface area contributed by atoms with Gasteiger partial charge in [0.05, 0.1) is 17.1 Å². The van der Waals surface area contributed by atoms with Gasteiger partial charge < -0.3 is 10.3 Å². The van der Waals surface area contributed by atoms with Crippen molar-refractivity contribution in [1.29, 1.82) is 0 Å². The van der Waals surface area contributed by atoms with E-state index >= 15 is 0 Å². The number of H-pyrrole nitrogens is 1. The second-order valence-electron chi connectivity index (χ2n) is 6.50. The van der Waals surface area contributed by atoms with Crippen molar-refractivity contribution in [3.63, 3.8) is 0 Å². The van der Waals surface area contributed by atoms with E-state index in [2.05, 4.69) is 44.3 Å². The zero-order valence-electron chi connectivity index (χ0n) is 14.8. The normalized spacial score (nSPS) is 12.5. The maximum Gasteiger partial charge on any atom is 0.225 e. The summed E-state index contributed by atoms with van der Waals surface area (Å²) in [5.74, 6) is 1.37. The van der Waals surface area contributed by atoms with Gasteiger partial charge >= 0.3 is 0 Å². The van der Waals surface area contributed by atoms with Crippen LogP contribution in [0.5, 0.6) is 0 Å². The fraction of sp³-hybridized carbons (Fsp3) is 0.0952. The van der Waals surface area contributed by atoms with E-state index in [0.717, 1.165) is 22.4 Å². The van der Waals surface area contributed by atoms with E-state index < -0.39 is 0 Å². The average molecular weight is 354 g/mol. The Morgan fingerprint density at radius 1 is 1.00 bits per heavy atom. The quantitative estimate of drug-likeness (QED) is 0.499. The van der Waals surface area contributed by atoms with Crippen molar-refractivity contribution >= 4 is 27.9 Å². The van der Waals surface area contributed by atoms with Gasteiger partial charge in [-0.15, -0.1) is 0 Å². The first kappa shape index (κ1) is 15.6. The Labute approximate surface area is 155 Å². The Bertz CT molecular complexity index is 1240. The molecule has 0 amide bonds. The van der Waals surface area contributed by atoms with Crippen LogP contribution in [0.2, 0.25) is 0 Å². The number of aromatic nitrogens is 5. The Morgan fingerprint density at radius 2 is 1.85 bits per heavy atom. The van der Waals surface area contributed by atoms with E-state index in [9.17, 15) is 0 Å². The molecule has 1 unspecified atom stereocenters. The molecule has 3 aromatic heterocycles. The molecule has 0 bridgehead atoms. The van der Waals surface area contributed by atoms with Crippen LogP contribution in [0.3, 0.4) is 0 Å². The number of fused-ring (bicyclic) bond motifs is 2. The second kappa shape index (κ2) is 6.25. The van der Waals surface area contributed by atoms with Crippen molar-refractivity contribution in [3.05, 3.63) is 78.9 Å². The molecule has 6 heteroatoms. The van der Waals surface area contributed by atoms with Crippen molar-refractivity contribution in [2.75, 3.05) is 5.32 Å².